The molecule has 2 atom stereocenters. The number of imidazole rings is 1. The lowest BCUT2D eigenvalue weighted by Crippen LogP contribution is -2.40. The van der Waals surface area contributed by atoms with E-state index >= 15 is 0 Å². The molecule has 0 spiro atoms. The summed E-state index contributed by atoms with van der Waals surface area (Å²) in [6, 6.07) is 0.544. The molecule has 0 bridgehead atoms. The van der Waals surface area contributed by atoms with Gasteiger partial charge in [0.05, 0.1) is 5.69 Å². The van der Waals surface area contributed by atoms with Crippen LogP contribution in [0.15, 0.2) is 17.8 Å². The van der Waals surface area contributed by atoms with Crippen molar-refractivity contribution in [3.05, 3.63) is 23.5 Å². The Balaban J connectivity index is 1.78. The molecule has 1 aliphatic carbocycles. The molecule has 2 aromatic heterocycles. The van der Waals surface area contributed by atoms with Gasteiger partial charge in [-0.25, -0.2) is 4.98 Å². The highest BCUT2D eigenvalue weighted by molar-refractivity contribution is 7.15. The number of rotatable bonds is 4. The number of nitrogens with one attached hydrogen (secondary N) is 1. The van der Waals surface area contributed by atoms with Crippen molar-refractivity contribution < 1.29 is 0 Å². The molecule has 104 valence electrons. The van der Waals surface area contributed by atoms with E-state index in [1.807, 2.05) is 0 Å². The van der Waals surface area contributed by atoms with Crippen LogP contribution in [0.2, 0.25) is 0 Å². The average Bonchev–Trinajstić information content (AvgIpc) is 3.00. The lowest BCUT2D eigenvalue weighted by Gasteiger charge is -2.33. The molecule has 2 aromatic rings. The van der Waals surface area contributed by atoms with Crippen LogP contribution in [0.4, 0.5) is 0 Å². The number of hydrogen-bond acceptors (Lipinski definition) is 3. The maximum absolute atomic E-state index is 4.72. The predicted molar refractivity (Wildman–Crippen MR) is 80.7 cm³/mol. The molecular weight excluding hydrogens is 254 g/mol. The van der Waals surface area contributed by atoms with Gasteiger partial charge >= 0.3 is 0 Å². The SMILES string of the molecule is CNC(Cc1cn2ccsc2n1)C1CCCC1(C)C. The maximum atomic E-state index is 4.72. The summed E-state index contributed by atoms with van der Waals surface area (Å²) in [6.07, 6.45) is 9.38. The first-order chi connectivity index (χ1) is 9.10. The van der Waals surface area contributed by atoms with Gasteiger partial charge in [-0.05, 0) is 31.2 Å². The van der Waals surface area contributed by atoms with E-state index in [-0.39, 0.29) is 0 Å². The van der Waals surface area contributed by atoms with Gasteiger partial charge in [0.1, 0.15) is 0 Å². The van der Waals surface area contributed by atoms with Crippen LogP contribution in [0, 0.1) is 11.3 Å². The van der Waals surface area contributed by atoms with E-state index in [1.165, 1.54) is 25.0 Å². The summed E-state index contributed by atoms with van der Waals surface area (Å²) in [6.45, 7) is 4.83. The molecule has 1 N–H and O–H groups in total. The Morgan fingerprint density at radius 1 is 1.58 bits per heavy atom. The third-order valence-corrected chi connectivity index (χ3v) is 5.54. The molecule has 1 fully saturated rings. The van der Waals surface area contributed by atoms with Crippen molar-refractivity contribution in [2.24, 2.45) is 11.3 Å². The second-order valence-electron chi connectivity index (χ2n) is 6.41. The van der Waals surface area contributed by atoms with Crippen LogP contribution in [0.1, 0.15) is 38.8 Å². The Bertz CT molecular complexity index is 526. The molecule has 1 saturated carbocycles. The highest BCUT2D eigenvalue weighted by Crippen LogP contribution is 2.44. The monoisotopic (exact) mass is 277 g/mol. The van der Waals surface area contributed by atoms with Crippen LogP contribution in [-0.4, -0.2) is 22.5 Å². The summed E-state index contributed by atoms with van der Waals surface area (Å²) in [7, 11) is 2.09. The van der Waals surface area contributed by atoms with E-state index in [0.717, 1.165) is 17.3 Å². The van der Waals surface area contributed by atoms with Gasteiger partial charge in [0.2, 0.25) is 0 Å². The molecule has 2 unspecified atom stereocenters. The first-order valence-corrected chi connectivity index (χ1v) is 8.06. The molecule has 3 nitrogen and oxygen atoms in total. The van der Waals surface area contributed by atoms with Gasteiger partial charge in [-0.15, -0.1) is 11.3 Å². The average molecular weight is 277 g/mol. The van der Waals surface area contributed by atoms with Crippen molar-refractivity contribution in [3.63, 3.8) is 0 Å². The van der Waals surface area contributed by atoms with Crippen molar-refractivity contribution in [1.29, 1.82) is 0 Å². The third-order valence-electron chi connectivity index (χ3n) is 4.77. The summed E-state index contributed by atoms with van der Waals surface area (Å²) in [5.74, 6) is 0.761. The summed E-state index contributed by atoms with van der Waals surface area (Å²) < 4.78 is 2.13. The van der Waals surface area contributed by atoms with E-state index in [1.54, 1.807) is 11.3 Å². The van der Waals surface area contributed by atoms with Crippen LogP contribution < -0.4 is 5.32 Å². The summed E-state index contributed by atoms with van der Waals surface area (Å²) in [5.41, 5.74) is 1.68. The quantitative estimate of drug-likeness (QED) is 0.928. The minimum atomic E-state index is 0.463. The van der Waals surface area contributed by atoms with E-state index in [4.69, 9.17) is 4.98 Å². The number of hydrogen-bond donors (Lipinski definition) is 1. The number of likely N-dealkylation sites (N-methyl/N-ethyl adjacent to an activating group) is 1. The fourth-order valence-corrected chi connectivity index (χ4v) is 4.36. The molecule has 0 radical (unpaired) electrons. The number of fused-ring (bicyclic) bond motifs is 1. The van der Waals surface area contributed by atoms with Gasteiger partial charge in [0.15, 0.2) is 4.96 Å². The van der Waals surface area contributed by atoms with Gasteiger partial charge in [-0.3, -0.25) is 4.40 Å². The molecule has 1 aliphatic rings. The predicted octanol–water partition coefficient (Wildman–Crippen LogP) is 3.35. The Morgan fingerprint density at radius 3 is 3.05 bits per heavy atom. The largest absolute Gasteiger partial charge is 0.316 e. The van der Waals surface area contributed by atoms with Crippen molar-refractivity contribution in [3.8, 4) is 0 Å². The van der Waals surface area contributed by atoms with Crippen LogP contribution in [-0.2, 0) is 6.42 Å². The molecule has 4 heteroatoms. The topological polar surface area (TPSA) is 29.3 Å². The molecule has 3 rings (SSSR count). The van der Waals surface area contributed by atoms with E-state index in [9.17, 15) is 0 Å². The molecule has 0 saturated heterocycles. The van der Waals surface area contributed by atoms with Gasteiger partial charge in [0.25, 0.3) is 0 Å². The van der Waals surface area contributed by atoms with E-state index < -0.39 is 0 Å². The third kappa shape index (κ3) is 2.43. The van der Waals surface area contributed by atoms with E-state index in [0.29, 0.717) is 11.5 Å². The molecular formula is C15H23N3S. The zero-order valence-electron chi connectivity index (χ0n) is 12.0. The first-order valence-electron chi connectivity index (χ1n) is 7.18. The van der Waals surface area contributed by atoms with Crippen molar-refractivity contribution >= 4 is 16.3 Å². The maximum Gasteiger partial charge on any atom is 0.193 e. The molecule has 0 amide bonds. The van der Waals surface area contributed by atoms with Crippen molar-refractivity contribution in [2.75, 3.05) is 7.05 Å². The first kappa shape index (κ1) is 13.1. The normalized spacial score (nSPS) is 24.1. The smallest absolute Gasteiger partial charge is 0.193 e. The minimum Gasteiger partial charge on any atom is -0.316 e. The fraction of sp³-hybridized carbons (Fsp3) is 0.667. The second-order valence-corrected chi connectivity index (χ2v) is 7.28. The Morgan fingerprint density at radius 2 is 2.42 bits per heavy atom. The standard InChI is InChI=1S/C15H23N3S/c1-15(2)6-4-5-12(15)13(16-3)9-11-10-18-7-8-19-14(18)17-11/h7-8,10,12-13,16H,4-6,9H2,1-3H3. The highest BCUT2D eigenvalue weighted by atomic mass is 32.1. The molecule has 0 aromatic carbocycles. The minimum absolute atomic E-state index is 0.463. The molecule has 0 aliphatic heterocycles. The number of aromatic nitrogens is 2. The zero-order chi connectivity index (χ0) is 13.5. The Hall–Kier alpha value is -0.870. The van der Waals surface area contributed by atoms with Gasteiger partial charge < -0.3 is 5.32 Å². The lowest BCUT2D eigenvalue weighted by atomic mass is 9.76. The summed E-state index contributed by atoms with van der Waals surface area (Å²) in [4.78, 5) is 5.83. The van der Waals surface area contributed by atoms with Gasteiger partial charge in [-0.1, -0.05) is 20.3 Å². The Labute approximate surface area is 119 Å². The van der Waals surface area contributed by atoms with Gasteiger partial charge in [0, 0.05) is 30.2 Å². The van der Waals surface area contributed by atoms with Crippen molar-refractivity contribution in [2.45, 2.75) is 45.6 Å². The van der Waals surface area contributed by atoms with Crippen LogP contribution in [0.3, 0.4) is 0 Å². The number of thiazole rings is 1. The zero-order valence-corrected chi connectivity index (χ0v) is 12.8. The van der Waals surface area contributed by atoms with Crippen LogP contribution in [0.5, 0.6) is 0 Å². The number of nitrogens with zero attached hydrogens (tertiary/aromatic N) is 2. The molecule has 2 heterocycles. The summed E-state index contributed by atoms with van der Waals surface area (Å²) in [5, 5.41) is 5.62. The fourth-order valence-electron chi connectivity index (χ4n) is 3.64. The van der Waals surface area contributed by atoms with Crippen LogP contribution in [0.25, 0.3) is 4.96 Å². The lowest BCUT2D eigenvalue weighted by molar-refractivity contribution is 0.201. The van der Waals surface area contributed by atoms with E-state index in [2.05, 4.69) is 48.4 Å². The molecule has 19 heavy (non-hydrogen) atoms. The Kier molecular flexibility index (Phi) is 3.39. The summed E-state index contributed by atoms with van der Waals surface area (Å²) >= 11 is 1.71. The van der Waals surface area contributed by atoms with Gasteiger partial charge in [-0.2, -0.15) is 0 Å². The van der Waals surface area contributed by atoms with Crippen LogP contribution >= 0.6 is 11.3 Å². The second kappa shape index (κ2) is 4.91. The highest BCUT2D eigenvalue weighted by Gasteiger charge is 2.39. The van der Waals surface area contributed by atoms with Crippen molar-refractivity contribution in [1.82, 2.24) is 14.7 Å².